The second-order valence-corrected chi connectivity index (χ2v) is 5.45. The molecule has 0 heterocycles. The largest absolute Gasteiger partial charge is 0.383 e. The van der Waals surface area contributed by atoms with E-state index in [2.05, 4.69) is 31.1 Å². The van der Waals surface area contributed by atoms with E-state index in [9.17, 15) is 0 Å². The molecule has 0 aromatic rings. The van der Waals surface area contributed by atoms with Gasteiger partial charge in [0.2, 0.25) is 0 Å². The first-order valence-corrected chi connectivity index (χ1v) is 7.11. The lowest BCUT2D eigenvalue weighted by Gasteiger charge is -2.36. The normalized spacial score (nSPS) is 27.4. The minimum Gasteiger partial charge on any atom is -0.383 e. The number of hydrogen-bond acceptors (Lipinski definition) is 3. The standard InChI is InChI=1S/C14H30N2O/c1-5-15-14-9-7-6-8-13(14)10-16(3)12(2)11-17-4/h12-15H,5-11H2,1-4H3. The van der Waals surface area contributed by atoms with Crippen LogP contribution in [-0.4, -0.2) is 50.8 Å². The van der Waals surface area contributed by atoms with Crippen LogP contribution < -0.4 is 5.32 Å². The second-order valence-electron chi connectivity index (χ2n) is 5.45. The minimum absolute atomic E-state index is 0.518. The summed E-state index contributed by atoms with van der Waals surface area (Å²) in [4.78, 5) is 2.45. The van der Waals surface area contributed by atoms with Crippen molar-refractivity contribution in [2.45, 2.75) is 51.6 Å². The third kappa shape index (κ3) is 4.94. The Balaban J connectivity index is 2.40. The average molecular weight is 242 g/mol. The highest BCUT2D eigenvalue weighted by Gasteiger charge is 2.26. The lowest BCUT2D eigenvalue weighted by atomic mass is 9.84. The van der Waals surface area contributed by atoms with Gasteiger partial charge in [-0.2, -0.15) is 0 Å². The summed E-state index contributed by atoms with van der Waals surface area (Å²) in [5.41, 5.74) is 0. The molecule has 102 valence electrons. The van der Waals surface area contributed by atoms with Crippen molar-refractivity contribution < 1.29 is 4.74 Å². The molecule has 1 aliphatic carbocycles. The Morgan fingerprint density at radius 3 is 2.71 bits per heavy atom. The molecule has 17 heavy (non-hydrogen) atoms. The number of nitrogens with zero attached hydrogens (tertiary/aromatic N) is 1. The molecular weight excluding hydrogens is 212 g/mol. The molecule has 0 aromatic carbocycles. The Kier molecular flexibility index (Phi) is 7.09. The molecule has 3 atom stereocenters. The average Bonchev–Trinajstić information content (AvgIpc) is 2.32. The van der Waals surface area contributed by atoms with Crippen LogP contribution in [0.15, 0.2) is 0 Å². The molecule has 3 unspecified atom stereocenters. The van der Waals surface area contributed by atoms with Gasteiger partial charge in [0.25, 0.3) is 0 Å². The van der Waals surface area contributed by atoms with Gasteiger partial charge in [-0.25, -0.2) is 0 Å². The molecular formula is C14H30N2O. The molecule has 1 aliphatic rings. The van der Waals surface area contributed by atoms with E-state index < -0.39 is 0 Å². The zero-order chi connectivity index (χ0) is 12.7. The molecule has 0 aromatic heterocycles. The molecule has 0 radical (unpaired) electrons. The SMILES string of the molecule is CCNC1CCCCC1CN(C)C(C)COC. The van der Waals surface area contributed by atoms with Crippen molar-refractivity contribution in [3.8, 4) is 0 Å². The summed E-state index contributed by atoms with van der Waals surface area (Å²) in [6, 6.07) is 1.25. The van der Waals surface area contributed by atoms with Gasteiger partial charge < -0.3 is 15.0 Å². The molecule has 1 saturated carbocycles. The van der Waals surface area contributed by atoms with Crippen molar-refractivity contribution in [1.29, 1.82) is 0 Å². The predicted octanol–water partition coefficient (Wildman–Crippen LogP) is 2.12. The minimum atomic E-state index is 0.518. The van der Waals surface area contributed by atoms with E-state index in [-0.39, 0.29) is 0 Å². The lowest BCUT2D eigenvalue weighted by molar-refractivity contribution is 0.0927. The van der Waals surface area contributed by atoms with Crippen molar-refractivity contribution in [3.63, 3.8) is 0 Å². The highest BCUT2D eigenvalue weighted by atomic mass is 16.5. The maximum absolute atomic E-state index is 5.23. The molecule has 1 rings (SSSR count). The maximum Gasteiger partial charge on any atom is 0.0615 e. The van der Waals surface area contributed by atoms with Gasteiger partial charge in [-0.15, -0.1) is 0 Å². The van der Waals surface area contributed by atoms with Crippen LogP contribution in [0.4, 0.5) is 0 Å². The Morgan fingerprint density at radius 1 is 1.35 bits per heavy atom. The summed E-state index contributed by atoms with van der Waals surface area (Å²) in [6.07, 6.45) is 5.53. The van der Waals surface area contributed by atoms with Crippen LogP contribution >= 0.6 is 0 Å². The zero-order valence-electron chi connectivity index (χ0n) is 12.0. The smallest absolute Gasteiger partial charge is 0.0615 e. The predicted molar refractivity (Wildman–Crippen MR) is 73.4 cm³/mol. The Hall–Kier alpha value is -0.120. The third-order valence-corrected chi connectivity index (χ3v) is 4.06. The van der Waals surface area contributed by atoms with Crippen molar-refractivity contribution >= 4 is 0 Å². The van der Waals surface area contributed by atoms with E-state index in [4.69, 9.17) is 4.74 Å². The van der Waals surface area contributed by atoms with Gasteiger partial charge in [0.05, 0.1) is 6.61 Å². The highest BCUT2D eigenvalue weighted by molar-refractivity contribution is 4.83. The van der Waals surface area contributed by atoms with Crippen LogP contribution in [0.1, 0.15) is 39.5 Å². The third-order valence-electron chi connectivity index (χ3n) is 4.06. The number of rotatable bonds is 7. The van der Waals surface area contributed by atoms with Gasteiger partial charge in [-0.05, 0) is 39.3 Å². The van der Waals surface area contributed by atoms with Crippen molar-refractivity contribution in [2.24, 2.45) is 5.92 Å². The molecule has 0 spiro atoms. The Morgan fingerprint density at radius 2 is 2.06 bits per heavy atom. The van der Waals surface area contributed by atoms with Gasteiger partial charge in [0, 0.05) is 25.7 Å². The highest BCUT2D eigenvalue weighted by Crippen LogP contribution is 2.25. The fourth-order valence-corrected chi connectivity index (χ4v) is 2.88. The Labute approximate surface area is 107 Å². The number of methoxy groups -OCH3 is 1. The van der Waals surface area contributed by atoms with E-state index in [1.54, 1.807) is 7.11 Å². The molecule has 3 heteroatoms. The van der Waals surface area contributed by atoms with Gasteiger partial charge in [-0.3, -0.25) is 0 Å². The first-order chi connectivity index (χ1) is 8.19. The second kappa shape index (κ2) is 8.06. The van der Waals surface area contributed by atoms with Gasteiger partial charge in [0.1, 0.15) is 0 Å². The lowest BCUT2D eigenvalue weighted by Crippen LogP contribution is -2.45. The van der Waals surface area contributed by atoms with Gasteiger partial charge in [-0.1, -0.05) is 19.8 Å². The molecule has 0 amide bonds. The van der Waals surface area contributed by atoms with E-state index >= 15 is 0 Å². The van der Waals surface area contributed by atoms with Crippen molar-refractivity contribution in [3.05, 3.63) is 0 Å². The fourth-order valence-electron chi connectivity index (χ4n) is 2.88. The zero-order valence-corrected chi connectivity index (χ0v) is 12.0. The summed E-state index contributed by atoms with van der Waals surface area (Å²) >= 11 is 0. The number of nitrogens with one attached hydrogen (secondary N) is 1. The quantitative estimate of drug-likeness (QED) is 0.740. The molecule has 1 N–H and O–H groups in total. The van der Waals surface area contributed by atoms with Crippen LogP contribution in [0, 0.1) is 5.92 Å². The van der Waals surface area contributed by atoms with Crippen LogP contribution in [0.5, 0.6) is 0 Å². The first-order valence-electron chi connectivity index (χ1n) is 7.11. The van der Waals surface area contributed by atoms with Crippen LogP contribution in [0.25, 0.3) is 0 Å². The molecule has 3 nitrogen and oxygen atoms in total. The monoisotopic (exact) mass is 242 g/mol. The van der Waals surface area contributed by atoms with E-state index in [1.165, 1.54) is 32.2 Å². The van der Waals surface area contributed by atoms with Gasteiger partial charge >= 0.3 is 0 Å². The molecule has 1 fully saturated rings. The Bertz CT molecular complexity index is 197. The number of ether oxygens (including phenoxy) is 1. The molecule has 0 saturated heterocycles. The van der Waals surface area contributed by atoms with E-state index in [1.807, 2.05) is 0 Å². The van der Waals surface area contributed by atoms with Crippen LogP contribution in [0.2, 0.25) is 0 Å². The number of likely N-dealkylation sites (N-methyl/N-ethyl adjacent to an activating group) is 1. The maximum atomic E-state index is 5.23. The summed E-state index contributed by atoms with van der Waals surface area (Å²) in [5, 5.41) is 3.65. The van der Waals surface area contributed by atoms with Crippen LogP contribution in [0.3, 0.4) is 0 Å². The summed E-state index contributed by atoms with van der Waals surface area (Å²) < 4.78 is 5.23. The summed E-state index contributed by atoms with van der Waals surface area (Å²) in [6.45, 7) is 7.58. The van der Waals surface area contributed by atoms with E-state index in [0.29, 0.717) is 6.04 Å². The van der Waals surface area contributed by atoms with Crippen LogP contribution in [-0.2, 0) is 4.74 Å². The molecule has 0 aliphatic heterocycles. The molecule has 0 bridgehead atoms. The van der Waals surface area contributed by atoms with E-state index in [0.717, 1.165) is 25.1 Å². The first kappa shape index (κ1) is 14.9. The van der Waals surface area contributed by atoms with Gasteiger partial charge in [0.15, 0.2) is 0 Å². The fraction of sp³-hybridized carbons (Fsp3) is 1.00. The van der Waals surface area contributed by atoms with Crippen molar-refractivity contribution in [1.82, 2.24) is 10.2 Å². The summed E-state index contributed by atoms with van der Waals surface area (Å²) in [5.74, 6) is 0.813. The topological polar surface area (TPSA) is 24.5 Å². The number of hydrogen-bond donors (Lipinski definition) is 1. The summed E-state index contributed by atoms with van der Waals surface area (Å²) in [7, 11) is 4.01. The van der Waals surface area contributed by atoms with Crippen molar-refractivity contribution in [2.75, 3.05) is 33.9 Å².